The lowest BCUT2D eigenvalue weighted by molar-refractivity contribution is -0.127. The summed E-state index contributed by atoms with van der Waals surface area (Å²) >= 11 is 5.97. The second-order valence-electron chi connectivity index (χ2n) is 6.76. The fourth-order valence-corrected chi connectivity index (χ4v) is 2.86. The number of nitrogens with two attached hydrogens (primary N) is 1. The summed E-state index contributed by atoms with van der Waals surface area (Å²) in [6.07, 6.45) is 1.77. The number of hydrogen-bond donors (Lipinski definition) is 3. The van der Waals surface area contributed by atoms with Crippen LogP contribution in [-0.2, 0) is 15.0 Å². The van der Waals surface area contributed by atoms with Crippen molar-refractivity contribution in [2.75, 3.05) is 13.1 Å². The van der Waals surface area contributed by atoms with Gasteiger partial charge in [-0.05, 0) is 36.5 Å². The van der Waals surface area contributed by atoms with Gasteiger partial charge in [-0.25, -0.2) is 0 Å². The largest absolute Gasteiger partial charge is 0.354 e. The maximum atomic E-state index is 12.1. The first-order chi connectivity index (χ1) is 11.8. The van der Waals surface area contributed by atoms with Crippen LogP contribution in [0.4, 0.5) is 0 Å². The summed E-state index contributed by atoms with van der Waals surface area (Å²) < 4.78 is 0. The third kappa shape index (κ3) is 6.78. The number of halogens is 2. The van der Waals surface area contributed by atoms with E-state index in [1.54, 1.807) is 0 Å². The predicted molar refractivity (Wildman–Crippen MR) is 110 cm³/mol. The molecule has 0 bridgehead atoms. The van der Waals surface area contributed by atoms with Gasteiger partial charge in [0.05, 0.1) is 12.6 Å². The molecule has 1 atom stereocenters. The number of carbonyl (C=O) groups is 2. The zero-order chi connectivity index (χ0) is 19.0. The SMILES string of the molecule is CCC(CC)(CNC(=O)CNC(=O)[C@@H](N)C(C)C)c1ccc(Cl)cc1.Cl. The lowest BCUT2D eigenvalue weighted by atomic mass is 9.76. The first kappa shape index (κ1) is 24.7. The molecule has 0 unspecified atom stereocenters. The van der Waals surface area contributed by atoms with E-state index in [2.05, 4.69) is 24.5 Å². The van der Waals surface area contributed by atoms with Gasteiger partial charge in [-0.2, -0.15) is 0 Å². The Hall–Kier alpha value is -1.30. The number of nitrogens with one attached hydrogen (secondary N) is 2. The van der Waals surface area contributed by atoms with Crippen molar-refractivity contribution in [1.29, 1.82) is 0 Å². The zero-order valence-corrected chi connectivity index (χ0v) is 17.5. The van der Waals surface area contributed by atoms with Crippen LogP contribution >= 0.6 is 24.0 Å². The second-order valence-corrected chi connectivity index (χ2v) is 7.20. The normalized spacial score (nSPS) is 12.3. The molecule has 0 saturated carbocycles. The number of amides is 2. The molecule has 0 aliphatic rings. The summed E-state index contributed by atoms with van der Waals surface area (Å²) in [5, 5.41) is 6.22. The second kappa shape index (κ2) is 11.4. The highest BCUT2D eigenvalue weighted by molar-refractivity contribution is 6.30. The van der Waals surface area contributed by atoms with Crippen LogP contribution in [-0.4, -0.2) is 30.9 Å². The molecule has 0 aromatic heterocycles. The molecule has 0 aliphatic carbocycles. The minimum Gasteiger partial charge on any atom is -0.354 e. The van der Waals surface area contributed by atoms with Crippen LogP contribution in [0.15, 0.2) is 24.3 Å². The standard InChI is InChI=1S/C19H30ClN3O2.ClH/c1-5-19(6-2,14-7-9-15(20)10-8-14)12-23-16(24)11-22-18(25)17(21)13(3)4;/h7-10,13,17H,5-6,11-12,21H2,1-4H3,(H,22,25)(H,23,24);1H/t17-;/m0./s1. The third-order valence-electron chi connectivity index (χ3n) is 4.88. The molecule has 1 aromatic carbocycles. The van der Waals surface area contributed by atoms with Gasteiger partial charge in [0.2, 0.25) is 11.8 Å². The summed E-state index contributed by atoms with van der Waals surface area (Å²) in [6.45, 7) is 8.39. The van der Waals surface area contributed by atoms with E-state index in [0.717, 1.165) is 18.4 Å². The van der Waals surface area contributed by atoms with Gasteiger partial charge < -0.3 is 16.4 Å². The van der Waals surface area contributed by atoms with Gasteiger partial charge in [0.15, 0.2) is 0 Å². The van der Waals surface area contributed by atoms with Gasteiger partial charge >= 0.3 is 0 Å². The fourth-order valence-electron chi connectivity index (χ4n) is 2.73. The Balaban J connectivity index is 0.00000625. The smallest absolute Gasteiger partial charge is 0.239 e. The molecule has 0 fully saturated rings. The average molecular weight is 404 g/mol. The van der Waals surface area contributed by atoms with Gasteiger partial charge in [-0.15, -0.1) is 12.4 Å². The van der Waals surface area contributed by atoms with Crippen LogP contribution in [0, 0.1) is 5.92 Å². The highest BCUT2D eigenvalue weighted by atomic mass is 35.5. The van der Waals surface area contributed by atoms with Crippen molar-refractivity contribution in [2.45, 2.75) is 52.0 Å². The summed E-state index contributed by atoms with van der Waals surface area (Å²) in [5.74, 6) is -0.495. The van der Waals surface area contributed by atoms with Crippen molar-refractivity contribution < 1.29 is 9.59 Å². The van der Waals surface area contributed by atoms with Crippen LogP contribution < -0.4 is 16.4 Å². The Labute approximate surface area is 167 Å². The van der Waals surface area contributed by atoms with Gasteiger partial charge in [-0.3, -0.25) is 9.59 Å². The molecule has 4 N–H and O–H groups in total. The van der Waals surface area contributed by atoms with E-state index in [1.807, 2.05) is 38.1 Å². The van der Waals surface area contributed by atoms with E-state index in [0.29, 0.717) is 11.6 Å². The number of carbonyl (C=O) groups excluding carboxylic acids is 2. The molecule has 0 saturated heterocycles. The predicted octanol–water partition coefficient (Wildman–Crippen LogP) is 3.04. The molecule has 1 rings (SSSR count). The molecule has 5 nitrogen and oxygen atoms in total. The molecule has 1 aromatic rings. The lowest BCUT2D eigenvalue weighted by Crippen LogP contribution is -2.48. The summed E-state index contributed by atoms with van der Waals surface area (Å²) in [4.78, 5) is 23.9. The number of rotatable bonds is 9. The minimum atomic E-state index is -0.604. The molecule has 148 valence electrons. The van der Waals surface area contributed by atoms with Gasteiger partial charge in [0.25, 0.3) is 0 Å². The highest BCUT2D eigenvalue weighted by Gasteiger charge is 2.29. The first-order valence-electron chi connectivity index (χ1n) is 8.81. The van der Waals surface area contributed by atoms with E-state index in [1.165, 1.54) is 0 Å². The molecule has 0 radical (unpaired) electrons. The van der Waals surface area contributed by atoms with Crippen LogP contribution in [0.3, 0.4) is 0 Å². The van der Waals surface area contributed by atoms with Gasteiger partial charge in [0.1, 0.15) is 0 Å². The van der Waals surface area contributed by atoms with Crippen LogP contribution in [0.5, 0.6) is 0 Å². The molecule has 0 heterocycles. The zero-order valence-electron chi connectivity index (χ0n) is 16.0. The molecule has 0 spiro atoms. The minimum absolute atomic E-state index is 0. The molecular formula is C19H31Cl2N3O2. The summed E-state index contributed by atoms with van der Waals surface area (Å²) in [5.41, 5.74) is 6.76. The third-order valence-corrected chi connectivity index (χ3v) is 5.13. The van der Waals surface area contributed by atoms with Gasteiger partial charge in [-0.1, -0.05) is 51.4 Å². The Bertz CT molecular complexity index is 573. The van der Waals surface area contributed by atoms with Crippen LogP contribution in [0.25, 0.3) is 0 Å². The molecule has 2 amide bonds. The Kier molecular flexibility index (Phi) is 10.8. The first-order valence-corrected chi connectivity index (χ1v) is 9.19. The van der Waals surface area contributed by atoms with Crippen LogP contribution in [0.1, 0.15) is 46.1 Å². The molecule has 26 heavy (non-hydrogen) atoms. The Morgan fingerprint density at radius 2 is 1.65 bits per heavy atom. The van der Waals surface area contributed by atoms with E-state index < -0.39 is 6.04 Å². The van der Waals surface area contributed by atoms with Crippen molar-refractivity contribution in [3.8, 4) is 0 Å². The number of hydrogen-bond acceptors (Lipinski definition) is 3. The maximum Gasteiger partial charge on any atom is 0.239 e. The Morgan fingerprint density at radius 3 is 2.12 bits per heavy atom. The monoisotopic (exact) mass is 403 g/mol. The summed E-state index contributed by atoms with van der Waals surface area (Å²) in [7, 11) is 0. The molecule has 0 aliphatic heterocycles. The van der Waals surface area contributed by atoms with Crippen molar-refractivity contribution in [1.82, 2.24) is 10.6 Å². The van der Waals surface area contributed by atoms with E-state index in [4.69, 9.17) is 17.3 Å². The van der Waals surface area contributed by atoms with Crippen molar-refractivity contribution in [3.63, 3.8) is 0 Å². The lowest BCUT2D eigenvalue weighted by Gasteiger charge is -2.32. The highest BCUT2D eigenvalue weighted by Crippen LogP contribution is 2.31. The Morgan fingerprint density at radius 1 is 1.12 bits per heavy atom. The van der Waals surface area contributed by atoms with Crippen LogP contribution in [0.2, 0.25) is 5.02 Å². The average Bonchev–Trinajstić information content (AvgIpc) is 2.61. The van der Waals surface area contributed by atoms with Gasteiger partial charge in [0, 0.05) is 17.0 Å². The van der Waals surface area contributed by atoms with Crippen molar-refractivity contribution in [3.05, 3.63) is 34.9 Å². The summed E-state index contributed by atoms with van der Waals surface area (Å²) in [6, 6.07) is 7.14. The maximum absolute atomic E-state index is 12.1. The van der Waals surface area contributed by atoms with Crippen molar-refractivity contribution in [2.24, 2.45) is 11.7 Å². The van der Waals surface area contributed by atoms with E-state index in [-0.39, 0.29) is 42.1 Å². The fraction of sp³-hybridized carbons (Fsp3) is 0.579. The number of benzene rings is 1. The quantitative estimate of drug-likeness (QED) is 0.592. The topological polar surface area (TPSA) is 84.2 Å². The molecule has 7 heteroatoms. The van der Waals surface area contributed by atoms with E-state index >= 15 is 0 Å². The molecular weight excluding hydrogens is 373 g/mol. The van der Waals surface area contributed by atoms with E-state index in [9.17, 15) is 9.59 Å². The van der Waals surface area contributed by atoms with Crippen molar-refractivity contribution >= 4 is 35.8 Å².